The summed E-state index contributed by atoms with van der Waals surface area (Å²) in [5, 5.41) is 2.62. The zero-order valence-corrected chi connectivity index (χ0v) is 11.3. The van der Waals surface area contributed by atoms with Gasteiger partial charge in [0.2, 0.25) is 0 Å². The Hall–Kier alpha value is -2.56. The van der Waals surface area contributed by atoms with E-state index in [-0.39, 0.29) is 5.76 Å². The molecule has 1 heterocycles. The number of amides is 1. The molecule has 2 rings (SSSR count). The van der Waals surface area contributed by atoms with Crippen LogP contribution in [0.1, 0.15) is 27.7 Å². The molecule has 1 N–H and O–H groups in total. The van der Waals surface area contributed by atoms with Gasteiger partial charge in [0.1, 0.15) is 0 Å². The molecule has 1 aromatic heterocycles. The Morgan fingerprint density at radius 2 is 1.90 bits per heavy atom. The quantitative estimate of drug-likeness (QED) is 0.867. The van der Waals surface area contributed by atoms with Crippen LogP contribution in [0.4, 0.5) is 0 Å². The van der Waals surface area contributed by atoms with Gasteiger partial charge in [0, 0.05) is 5.56 Å². The Bertz CT molecular complexity index is 603. The van der Waals surface area contributed by atoms with Crippen LogP contribution in [-0.2, 0) is 9.53 Å². The molecule has 0 aliphatic rings. The van der Waals surface area contributed by atoms with Crippen LogP contribution in [0.2, 0.25) is 0 Å². The maximum atomic E-state index is 12.1. The highest BCUT2D eigenvalue weighted by atomic mass is 16.5. The number of methoxy groups -OCH3 is 1. The van der Waals surface area contributed by atoms with Crippen molar-refractivity contribution in [2.24, 2.45) is 0 Å². The van der Waals surface area contributed by atoms with Crippen molar-refractivity contribution in [1.82, 2.24) is 5.32 Å². The van der Waals surface area contributed by atoms with Gasteiger partial charge >= 0.3 is 5.97 Å². The Kier molecular flexibility index (Phi) is 4.20. The number of aryl methyl sites for hydroxylation is 1. The largest absolute Gasteiger partial charge is 0.467 e. The Morgan fingerprint density at radius 1 is 1.20 bits per heavy atom. The van der Waals surface area contributed by atoms with Crippen molar-refractivity contribution < 1.29 is 18.7 Å². The van der Waals surface area contributed by atoms with E-state index in [0.29, 0.717) is 11.1 Å². The summed E-state index contributed by atoms with van der Waals surface area (Å²) in [6, 6.07) is 9.72. The zero-order valence-electron chi connectivity index (χ0n) is 11.3. The number of nitrogens with one attached hydrogen (secondary N) is 1. The number of ether oxygens (including phenoxy) is 1. The number of carbonyl (C=O) groups is 2. The molecule has 1 amide bonds. The minimum atomic E-state index is -0.863. The lowest BCUT2D eigenvalue weighted by Gasteiger charge is -2.16. The molecule has 0 bridgehead atoms. The molecule has 1 unspecified atom stereocenters. The molecule has 20 heavy (non-hydrogen) atoms. The predicted octanol–water partition coefficient (Wildman–Crippen LogP) is 2.23. The second kappa shape index (κ2) is 6.06. The monoisotopic (exact) mass is 273 g/mol. The molecule has 104 valence electrons. The maximum absolute atomic E-state index is 12.1. The van der Waals surface area contributed by atoms with Gasteiger partial charge < -0.3 is 14.5 Å². The summed E-state index contributed by atoms with van der Waals surface area (Å²) >= 11 is 0. The first-order valence-electron chi connectivity index (χ1n) is 6.11. The van der Waals surface area contributed by atoms with Crippen molar-refractivity contribution in [3.05, 3.63) is 59.5 Å². The fourth-order valence-corrected chi connectivity index (χ4v) is 1.84. The van der Waals surface area contributed by atoms with E-state index in [2.05, 4.69) is 5.32 Å². The minimum Gasteiger partial charge on any atom is -0.467 e. The number of carbonyl (C=O) groups excluding carboxylic acids is 2. The third kappa shape index (κ3) is 2.88. The third-order valence-electron chi connectivity index (χ3n) is 2.91. The van der Waals surface area contributed by atoms with Gasteiger partial charge in [-0.1, -0.05) is 30.3 Å². The summed E-state index contributed by atoms with van der Waals surface area (Å²) in [4.78, 5) is 24.0. The smallest absolute Gasteiger partial charge is 0.333 e. The second-order valence-electron chi connectivity index (χ2n) is 4.27. The van der Waals surface area contributed by atoms with Crippen LogP contribution in [0, 0.1) is 6.92 Å². The van der Waals surface area contributed by atoms with E-state index in [1.54, 1.807) is 37.3 Å². The van der Waals surface area contributed by atoms with Crippen LogP contribution in [-0.4, -0.2) is 19.0 Å². The molecule has 0 spiro atoms. The fourth-order valence-electron chi connectivity index (χ4n) is 1.84. The standard InChI is InChI=1S/C15H15NO4/c1-10-8-9-20-13(10)14(17)16-12(15(18)19-2)11-6-4-3-5-7-11/h3-9,12H,1-2H3,(H,16,17). The van der Waals surface area contributed by atoms with Gasteiger partial charge in [-0.05, 0) is 18.6 Å². The third-order valence-corrected chi connectivity index (χ3v) is 2.91. The molecule has 1 aromatic carbocycles. The second-order valence-corrected chi connectivity index (χ2v) is 4.27. The predicted molar refractivity (Wildman–Crippen MR) is 72.1 cm³/mol. The normalized spacial score (nSPS) is 11.7. The van der Waals surface area contributed by atoms with Crippen LogP contribution < -0.4 is 5.32 Å². The van der Waals surface area contributed by atoms with Crippen molar-refractivity contribution in [2.75, 3.05) is 7.11 Å². The number of esters is 1. The zero-order chi connectivity index (χ0) is 14.5. The molecule has 0 aliphatic heterocycles. The van der Waals surface area contributed by atoms with Gasteiger partial charge in [-0.15, -0.1) is 0 Å². The van der Waals surface area contributed by atoms with Gasteiger partial charge in [-0.25, -0.2) is 4.79 Å². The highest BCUT2D eigenvalue weighted by Crippen LogP contribution is 2.16. The van der Waals surface area contributed by atoms with Crippen molar-refractivity contribution >= 4 is 11.9 Å². The molecular formula is C15H15NO4. The van der Waals surface area contributed by atoms with Crippen LogP contribution in [0.15, 0.2) is 47.1 Å². The molecule has 0 fully saturated rings. The number of hydrogen-bond acceptors (Lipinski definition) is 4. The highest BCUT2D eigenvalue weighted by Gasteiger charge is 2.25. The van der Waals surface area contributed by atoms with Crippen LogP contribution >= 0.6 is 0 Å². The van der Waals surface area contributed by atoms with E-state index >= 15 is 0 Å². The average Bonchev–Trinajstić information content (AvgIpc) is 2.91. The minimum absolute atomic E-state index is 0.190. The molecule has 0 radical (unpaired) electrons. The van der Waals surface area contributed by atoms with Crippen LogP contribution in [0.5, 0.6) is 0 Å². The summed E-state index contributed by atoms with van der Waals surface area (Å²) in [7, 11) is 1.28. The van der Waals surface area contributed by atoms with E-state index in [1.807, 2.05) is 6.07 Å². The van der Waals surface area contributed by atoms with Crippen molar-refractivity contribution in [3.8, 4) is 0 Å². The summed E-state index contributed by atoms with van der Waals surface area (Å²) in [6.07, 6.45) is 1.43. The van der Waals surface area contributed by atoms with Gasteiger partial charge in [0.15, 0.2) is 11.8 Å². The van der Waals surface area contributed by atoms with E-state index in [4.69, 9.17) is 9.15 Å². The van der Waals surface area contributed by atoms with E-state index in [1.165, 1.54) is 13.4 Å². The molecular weight excluding hydrogens is 258 g/mol. The first-order chi connectivity index (χ1) is 9.63. The topological polar surface area (TPSA) is 68.5 Å². The average molecular weight is 273 g/mol. The first kappa shape index (κ1) is 13.9. The SMILES string of the molecule is COC(=O)C(NC(=O)c1occc1C)c1ccccc1. The number of furan rings is 1. The van der Waals surface area contributed by atoms with E-state index in [0.717, 1.165) is 0 Å². The lowest BCUT2D eigenvalue weighted by atomic mass is 10.1. The van der Waals surface area contributed by atoms with Gasteiger partial charge in [0.05, 0.1) is 13.4 Å². The van der Waals surface area contributed by atoms with Crippen LogP contribution in [0.25, 0.3) is 0 Å². The lowest BCUT2D eigenvalue weighted by Crippen LogP contribution is -2.34. The molecule has 0 saturated heterocycles. The molecule has 5 heteroatoms. The van der Waals surface area contributed by atoms with Gasteiger partial charge in [-0.2, -0.15) is 0 Å². The highest BCUT2D eigenvalue weighted by molar-refractivity contribution is 5.95. The van der Waals surface area contributed by atoms with Crippen LogP contribution in [0.3, 0.4) is 0 Å². The van der Waals surface area contributed by atoms with E-state index < -0.39 is 17.9 Å². The Morgan fingerprint density at radius 3 is 2.45 bits per heavy atom. The van der Waals surface area contributed by atoms with Crippen molar-refractivity contribution in [1.29, 1.82) is 0 Å². The first-order valence-corrected chi connectivity index (χ1v) is 6.11. The summed E-state index contributed by atoms with van der Waals surface area (Å²) in [5.41, 5.74) is 1.36. The maximum Gasteiger partial charge on any atom is 0.333 e. The summed E-state index contributed by atoms with van der Waals surface area (Å²) in [6.45, 7) is 1.76. The Labute approximate surface area is 116 Å². The lowest BCUT2D eigenvalue weighted by molar-refractivity contribution is -0.143. The number of hydrogen-bond donors (Lipinski definition) is 1. The summed E-state index contributed by atoms with van der Waals surface area (Å²) < 4.78 is 9.84. The van der Waals surface area contributed by atoms with E-state index in [9.17, 15) is 9.59 Å². The molecule has 0 aliphatic carbocycles. The molecule has 1 atom stereocenters. The molecule has 5 nitrogen and oxygen atoms in total. The Balaban J connectivity index is 2.23. The number of rotatable bonds is 4. The molecule has 2 aromatic rings. The number of benzene rings is 1. The van der Waals surface area contributed by atoms with Gasteiger partial charge in [-0.3, -0.25) is 4.79 Å². The van der Waals surface area contributed by atoms with Crippen molar-refractivity contribution in [3.63, 3.8) is 0 Å². The fraction of sp³-hybridized carbons (Fsp3) is 0.200. The van der Waals surface area contributed by atoms with Gasteiger partial charge in [0.25, 0.3) is 5.91 Å². The van der Waals surface area contributed by atoms with Crippen molar-refractivity contribution in [2.45, 2.75) is 13.0 Å². The summed E-state index contributed by atoms with van der Waals surface area (Å²) in [5.74, 6) is -0.796. The molecule has 0 saturated carbocycles.